The van der Waals surface area contributed by atoms with Crippen LogP contribution in [0, 0.1) is 6.92 Å². The second kappa shape index (κ2) is 5.25. The molecule has 1 aromatic heterocycles. The van der Waals surface area contributed by atoms with Gasteiger partial charge in [0.05, 0.1) is 19.3 Å². The number of carbonyl (C=O) groups is 1. The third-order valence-corrected chi connectivity index (χ3v) is 3.89. The summed E-state index contributed by atoms with van der Waals surface area (Å²) in [5, 5.41) is 0. The fourth-order valence-electron chi connectivity index (χ4n) is 2.90. The van der Waals surface area contributed by atoms with Gasteiger partial charge in [-0.15, -0.1) is 0 Å². The van der Waals surface area contributed by atoms with Crippen LogP contribution in [0.2, 0.25) is 0 Å². The van der Waals surface area contributed by atoms with Crippen molar-refractivity contribution in [2.45, 2.75) is 19.6 Å². The summed E-state index contributed by atoms with van der Waals surface area (Å²) in [6.07, 6.45) is 3.27. The Morgan fingerprint density at radius 1 is 1.55 bits per heavy atom. The van der Waals surface area contributed by atoms with Crippen LogP contribution in [-0.4, -0.2) is 48.1 Å². The molecule has 5 heteroatoms. The van der Waals surface area contributed by atoms with E-state index in [1.165, 1.54) is 6.08 Å². The Kier molecular flexibility index (Phi) is 3.44. The molecule has 1 saturated heterocycles. The number of amides is 1. The van der Waals surface area contributed by atoms with E-state index in [1.807, 2.05) is 18.0 Å². The van der Waals surface area contributed by atoms with E-state index in [-0.39, 0.29) is 11.9 Å². The number of piperazine rings is 1. The minimum absolute atomic E-state index is 0.00835. The number of ether oxygens (including phenoxy) is 1. The molecule has 0 aliphatic carbocycles. The second-order valence-corrected chi connectivity index (χ2v) is 5.35. The number of aryl methyl sites for hydroxylation is 1. The highest BCUT2D eigenvalue weighted by Crippen LogP contribution is 2.27. The number of hydrogen-bond donors (Lipinski definition) is 0. The number of aromatic nitrogens is 1. The Labute approximate surface area is 118 Å². The topological polar surface area (TPSA) is 45.7 Å². The molecular formula is C15H19N3O2. The van der Waals surface area contributed by atoms with E-state index >= 15 is 0 Å². The zero-order chi connectivity index (χ0) is 14.1. The van der Waals surface area contributed by atoms with Crippen LogP contribution in [0.3, 0.4) is 0 Å². The lowest BCUT2D eigenvalue weighted by Gasteiger charge is -2.40. The molecule has 2 aliphatic heterocycles. The maximum Gasteiger partial charge on any atom is 0.246 e. The van der Waals surface area contributed by atoms with Gasteiger partial charge in [0.2, 0.25) is 5.91 Å². The van der Waals surface area contributed by atoms with Crippen molar-refractivity contribution in [2.75, 3.05) is 31.1 Å². The van der Waals surface area contributed by atoms with Crippen LogP contribution in [0.15, 0.2) is 24.9 Å². The fourth-order valence-corrected chi connectivity index (χ4v) is 2.90. The summed E-state index contributed by atoms with van der Waals surface area (Å²) in [5.74, 6) is 0.995. The Balaban J connectivity index is 1.87. The highest BCUT2D eigenvalue weighted by molar-refractivity contribution is 5.87. The first-order chi connectivity index (χ1) is 9.69. The van der Waals surface area contributed by atoms with Gasteiger partial charge in [-0.2, -0.15) is 0 Å². The van der Waals surface area contributed by atoms with Gasteiger partial charge < -0.3 is 14.5 Å². The van der Waals surface area contributed by atoms with Crippen LogP contribution < -0.4 is 4.90 Å². The molecule has 2 aliphatic rings. The summed E-state index contributed by atoms with van der Waals surface area (Å²) in [4.78, 5) is 20.4. The molecule has 5 nitrogen and oxygen atoms in total. The van der Waals surface area contributed by atoms with Gasteiger partial charge in [-0.25, -0.2) is 4.98 Å². The lowest BCUT2D eigenvalue weighted by atomic mass is 10.1. The maximum absolute atomic E-state index is 11.8. The molecule has 20 heavy (non-hydrogen) atoms. The summed E-state index contributed by atoms with van der Waals surface area (Å²) < 4.78 is 5.76. The smallest absolute Gasteiger partial charge is 0.246 e. The summed E-state index contributed by atoms with van der Waals surface area (Å²) in [6.45, 7) is 8.96. The zero-order valence-corrected chi connectivity index (χ0v) is 11.7. The standard InChI is InChI=1S/C15H19N3O2/c1-3-14(19)17-4-5-18-13(8-17)10-20-9-12-6-11(2)7-16-15(12)18/h3,6-7,13H,1,4-5,8-10H2,2H3/t13-/m1/s1. The van der Waals surface area contributed by atoms with Gasteiger partial charge in [0.1, 0.15) is 5.82 Å². The summed E-state index contributed by atoms with van der Waals surface area (Å²) in [5.41, 5.74) is 2.28. The van der Waals surface area contributed by atoms with Crippen molar-refractivity contribution in [1.82, 2.24) is 9.88 Å². The third kappa shape index (κ3) is 2.29. The molecule has 1 aromatic rings. The molecule has 0 spiro atoms. The van der Waals surface area contributed by atoms with Crippen LogP contribution in [0.4, 0.5) is 5.82 Å². The number of rotatable bonds is 1. The Morgan fingerprint density at radius 2 is 2.40 bits per heavy atom. The van der Waals surface area contributed by atoms with E-state index in [0.717, 1.165) is 23.5 Å². The number of pyridine rings is 1. The van der Waals surface area contributed by atoms with Crippen LogP contribution in [0.5, 0.6) is 0 Å². The normalized spacial score (nSPS) is 21.8. The number of nitrogens with zero attached hydrogens (tertiary/aromatic N) is 3. The minimum atomic E-state index is -0.00835. The number of fused-ring (bicyclic) bond motifs is 3. The van der Waals surface area contributed by atoms with Gasteiger partial charge >= 0.3 is 0 Å². The van der Waals surface area contributed by atoms with E-state index in [2.05, 4.69) is 22.5 Å². The van der Waals surface area contributed by atoms with Gasteiger partial charge in [0.25, 0.3) is 0 Å². The molecule has 0 radical (unpaired) electrons. The zero-order valence-electron chi connectivity index (χ0n) is 11.7. The minimum Gasteiger partial charge on any atom is -0.374 e. The van der Waals surface area contributed by atoms with Crippen molar-refractivity contribution in [3.63, 3.8) is 0 Å². The van der Waals surface area contributed by atoms with Gasteiger partial charge in [-0.05, 0) is 24.6 Å². The largest absolute Gasteiger partial charge is 0.374 e. The molecule has 3 rings (SSSR count). The van der Waals surface area contributed by atoms with Crippen LogP contribution >= 0.6 is 0 Å². The Bertz CT molecular complexity index is 544. The average Bonchev–Trinajstić information content (AvgIpc) is 2.64. The molecule has 0 saturated carbocycles. The molecule has 0 bridgehead atoms. The predicted molar refractivity (Wildman–Crippen MR) is 76.5 cm³/mol. The monoisotopic (exact) mass is 273 g/mol. The molecule has 3 heterocycles. The van der Waals surface area contributed by atoms with Crippen LogP contribution in [-0.2, 0) is 16.1 Å². The van der Waals surface area contributed by atoms with Gasteiger partial charge in [-0.3, -0.25) is 4.79 Å². The Morgan fingerprint density at radius 3 is 3.20 bits per heavy atom. The van der Waals surface area contributed by atoms with E-state index in [4.69, 9.17) is 4.74 Å². The quantitative estimate of drug-likeness (QED) is 0.719. The molecule has 0 N–H and O–H groups in total. The first kappa shape index (κ1) is 13.1. The summed E-state index contributed by atoms with van der Waals surface area (Å²) in [6, 6.07) is 2.30. The molecule has 1 amide bonds. The molecular weight excluding hydrogens is 254 g/mol. The first-order valence-corrected chi connectivity index (χ1v) is 6.90. The SMILES string of the molecule is C=CC(=O)N1CCN2c3ncc(C)cc3COC[C@H]2C1. The Hall–Kier alpha value is -1.88. The van der Waals surface area contributed by atoms with Crippen molar-refractivity contribution in [3.05, 3.63) is 36.0 Å². The number of carbonyl (C=O) groups excluding carboxylic acids is 1. The van der Waals surface area contributed by atoms with Gasteiger partial charge in [0.15, 0.2) is 0 Å². The highest BCUT2D eigenvalue weighted by Gasteiger charge is 2.32. The van der Waals surface area contributed by atoms with Crippen LogP contribution in [0.25, 0.3) is 0 Å². The predicted octanol–water partition coefficient (Wildman–Crippen LogP) is 1.12. The fraction of sp³-hybridized carbons (Fsp3) is 0.467. The van der Waals surface area contributed by atoms with Crippen molar-refractivity contribution in [1.29, 1.82) is 0 Å². The first-order valence-electron chi connectivity index (χ1n) is 6.90. The summed E-state index contributed by atoms with van der Waals surface area (Å²) in [7, 11) is 0. The molecule has 1 fully saturated rings. The molecule has 1 atom stereocenters. The van der Waals surface area contributed by atoms with E-state index in [1.54, 1.807) is 0 Å². The lowest BCUT2D eigenvalue weighted by molar-refractivity contribution is -0.127. The van der Waals surface area contributed by atoms with Gasteiger partial charge in [-0.1, -0.05) is 6.58 Å². The van der Waals surface area contributed by atoms with E-state index < -0.39 is 0 Å². The average molecular weight is 273 g/mol. The van der Waals surface area contributed by atoms with E-state index in [9.17, 15) is 4.79 Å². The lowest BCUT2D eigenvalue weighted by Crippen LogP contribution is -2.56. The number of hydrogen-bond acceptors (Lipinski definition) is 4. The maximum atomic E-state index is 11.8. The highest BCUT2D eigenvalue weighted by atomic mass is 16.5. The van der Waals surface area contributed by atoms with Crippen molar-refractivity contribution >= 4 is 11.7 Å². The third-order valence-electron chi connectivity index (χ3n) is 3.89. The molecule has 0 aromatic carbocycles. The number of anilines is 1. The van der Waals surface area contributed by atoms with Crippen LogP contribution in [0.1, 0.15) is 11.1 Å². The second-order valence-electron chi connectivity index (χ2n) is 5.35. The van der Waals surface area contributed by atoms with Crippen molar-refractivity contribution in [2.24, 2.45) is 0 Å². The van der Waals surface area contributed by atoms with Gasteiger partial charge in [0, 0.05) is 31.4 Å². The molecule has 0 unspecified atom stereocenters. The summed E-state index contributed by atoms with van der Waals surface area (Å²) >= 11 is 0. The van der Waals surface area contributed by atoms with Crippen molar-refractivity contribution < 1.29 is 9.53 Å². The molecule has 106 valence electrons. The van der Waals surface area contributed by atoms with Crippen molar-refractivity contribution in [3.8, 4) is 0 Å². The van der Waals surface area contributed by atoms with E-state index in [0.29, 0.717) is 26.3 Å².